The van der Waals surface area contributed by atoms with Gasteiger partial charge >= 0.3 is 0 Å². The lowest BCUT2D eigenvalue weighted by molar-refractivity contribution is -0.119. The molecule has 0 spiro atoms. The monoisotopic (exact) mass is 246 g/mol. The molecule has 0 atom stereocenters. The summed E-state index contributed by atoms with van der Waals surface area (Å²) in [5, 5.41) is 12.3. The van der Waals surface area contributed by atoms with Gasteiger partial charge in [-0.15, -0.1) is 0 Å². The first-order valence-electron chi connectivity index (χ1n) is 6.24. The van der Waals surface area contributed by atoms with Gasteiger partial charge in [-0.25, -0.2) is 0 Å². The van der Waals surface area contributed by atoms with E-state index in [1.54, 1.807) is 4.90 Å². The number of hydrogen-bond acceptors (Lipinski definition) is 3. The molecule has 0 radical (unpaired) electrons. The summed E-state index contributed by atoms with van der Waals surface area (Å²) in [4.78, 5) is 14.0. The van der Waals surface area contributed by atoms with Crippen LogP contribution in [0.25, 0.3) is 0 Å². The van der Waals surface area contributed by atoms with Crippen molar-refractivity contribution in [3.8, 4) is 0 Å². The lowest BCUT2D eigenvalue weighted by Gasteiger charge is -2.30. The van der Waals surface area contributed by atoms with Gasteiger partial charge in [-0.3, -0.25) is 4.79 Å². The van der Waals surface area contributed by atoms with Crippen molar-refractivity contribution in [2.45, 2.75) is 26.7 Å². The second-order valence-corrected chi connectivity index (χ2v) is 4.96. The van der Waals surface area contributed by atoms with Crippen LogP contribution >= 0.6 is 0 Å². The Kier molecular flexibility index (Phi) is 3.65. The molecule has 1 heterocycles. The molecule has 2 rings (SSSR count). The molecule has 1 amide bonds. The largest absolute Gasteiger partial charge is 0.411 e. The number of para-hydroxylation sites is 1. The van der Waals surface area contributed by atoms with Gasteiger partial charge in [0.05, 0.1) is 11.4 Å². The van der Waals surface area contributed by atoms with E-state index in [9.17, 15) is 4.79 Å². The summed E-state index contributed by atoms with van der Waals surface area (Å²) in [6, 6.07) is 7.58. The van der Waals surface area contributed by atoms with Gasteiger partial charge in [-0.2, -0.15) is 0 Å². The van der Waals surface area contributed by atoms with Crippen molar-refractivity contribution in [1.82, 2.24) is 0 Å². The maximum atomic E-state index is 12.2. The quantitative estimate of drug-likeness (QED) is 0.644. The van der Waals surface area contributed by atoms with Crippen molar-refractivity contribution >= 4 is 17.3 Å². The smallest absolute Gasteiger partial charge is 0.227 e. The van der Waals surface area contributed by atoms with Gasteiger partial charge in [0, 0.05) is 24.9 Å². The summed E-state index contributed by atoms with van der Waals surface area (Å²) in [6.45, 7) is 4.66. The Balaban J connectivity index is 2.33. The number of carbonyl (C=O) groups excluding carboxylic acids is 1. The molecular formula is C14H18N2O2. The standard InChI is InChI=1S/C14H18N2O2/c1-10(2)9-14(17)16-8-7-12(15-18)11-5-3-4-6-13(11)16/h3-6,10,18H,7-9H2,1-2H3. The third-order valence-corrected chi connectivity index (χ3v) is 3.08. The van der Waals surface area contributed by atoms with Crippen molar-refractivity contribution in [3.05, 3.63) is 29.8 Å². The summed E-state index contributed by atoms with van der Waals surface area (Å²) < 4.78 is 0. The molecule has 1 aromatic carbocycles. The average molecular weight is 246 g/mol. The molecule has 0 aromatic heterocycles. The fraction of sp³-hybridized carbons (Fsp3) is 0.429. The number of fused-ring (bicyclic) bond motifs is 1. The third kappa shape index (κ3) is 2.37. The Morgan fingerprint density at radius 1 is 1.44 bits per heavy atom. The summed E-state index contributed by atoms with van der Waals surface area (Å²) >= 11 is 0. The summed E-state index contributed by atoms with van der Waals surface area (Å²) in [7, 11) is 0. The maximum absolute atomic E-state index is 12.2. The van der Waals surface area contributed by atoms with Gasteiger partial charge in [0.2, 0.25) is 5.91 Å². The van der Waals surface area contributed by atoms with Gasteiger partial charge in [0.25, 0.3) is 0 Å². The Labute approximate surface area is 107 Å². The number of anilines is 1. The van der Waals surface area contributed by atoms with Gasteiger partial charge in [0.1, 0.15) is 0 Å². The Hall–Kier alpha value is -1.84. The van der Waals surface area contributed by atoms with Crippen LogP contribution in [0.4, 0.5) is 5.69 Å². The number of nitrogens with zero attached hydrogens (tertiary/aromatic N) is 2. The molecule has 1 aliphatic rings. The number of rotatable bonds is 2. The van der Waals surface area contributed by atoms with Crippen molar-refractivity contribution in [3.63, 3.8) is 0 Å². The number of hydrogen-bond donors (Lipinski definition) is 1. The van der Waals surface area contributed by atoms with Crippen molar-refractivity contribution in [2.24, 2.45) is 11.1 Å². The molecule has 1 aromatic rings. The zero-order valence-corrected chi connectivity index (χ0v) is 10.8. The Morgan fingerprint density at radius 2 is 2.17 bits per heavy atom. The van der Waals surface area contributed by atoms with Crippen LogP contribution in [0.15, 0.2) is 29.4 Å². The minimum Gasteiger partial charge on any atom is -0.411 e. The van der Waals surface area contributed by atoms with Crippen LogP contribution in [-0.4, -0.2) is 23.4 Å². The first kappa shape index (κ1) is 12.6. The molecule has 0 fully saturated rings. The number of amides is 1. The number of carbonyl (C=O) groups is 1. The lowest BCUT2D eigenvalue weighted by atomic mass is 9.98. The minimum absolute atomic E-state index is 0.134. The van der Waals surface area contributed by atoms with E-state index in [2.05, 4.69) is 5.16 Å². The molecule has 0 unspecified atom stereocenters. The van der Waals surface area contributed by atoms with Crippen LogP contribution < -0.4 is 4.90 Å². The van der Waals surface area contributed by atoms with E-state index in [0.29, 0.717) is 31.0 Å². The summed E-state index contributed by atoms with van der Waals surface area (Å²) in [5.41, 5.74) is 2.35. The highest BCUT2D eigenvalue weighted by molar-refractivity contribution is 6.11. The van der Waals surface area contributed by atoms with Crippen LogP contribution in [0.1, 0.15) is 32.3 Å². The van der Waals surface area contributed by atoms with Crippen LogP contribution in [-0.2, 0) is 4.79 Å². The predicted octanol–water partition coefficient (Wildman–Crippen LogP) is 2.65. The van der Waals surface area contributed by atoms with E-state index < -0.39 is 0 Å². The second kappa shape index (κ2) is 5.21. The molecule has 18 heavy (non-hydrogen) atoms. The van der Waals surface area contributed by atoms with Crippen LogP contribution in [0.3, 0.4) is 0 Å². The highest BCUT2D eigenvalue weighted by Gasteiger charge is 2.26. The van der Waals surface area contributed by atoms with Crippen molar-refractivity contribution < 1.29 is 10.0 Å². The molecule has 0 bridgehead atoms. The highest BCUT2D eigenvalue weighted by Crippen LogP contribution is 2.28. The van der Waals surface area contributed by atoms with E-state index in [1.165, 1.54) is 0 Å². The van der Waals surface area contributed by atoms with E-state index in [0.717, 1.165) is 11.3 Å². The molecule has 0 saturated carbocycles. The number of benzene rings is 1. The van der Waals surface area contributed by atoms with Crippen LogP contribution in [0.2, 0.25) is 0 Å². The molecule has 1 aliphatic heterocycles. The molecule has 0 saturated heterocycles. The maximum Gasteiger partial charge on any atom is 0.227 e. The first-order chi connectivity index (χ1) is 8.63. The summed E-state index contributed by atoms with van der Waals surface area (Å²) in [5.74, 6) is 0.479. The highest BCUT2D eigenvalue weighted by atomic mass is 16.4. The van der Waals surface area contributed by atoms with Crippen molar-refractivity contribution in [2.75, 3.05) is 11.4 Å². The molecule has 96 valence electrons. The van der Waals surface area contributed by atoms with Crippen LogP contribution in [0.5, 0.6) is 0 Å². The average Bonchev–Trinajstić information content (AvgIpc) is 2.36. The van der Waals surface area contributed by atoms with Crippen LogP contribution in [0, 0.1) is 5.92 Å². The molecule has 1 N–H and O–H groups in total. The van der Waals surface area contributed by atoms with E-state index in [1.807, 2.05) is 38.1 Å². The van der Waals surface area contributed by atoms with E-state index >= 15 is 0 Å². The van der Waals surface area contributed by atoms with E-state index in [4.69, 9.17) is 5.21 Å². The minimum atomic E-state index is 0.134. The fourth-order valence-corrected chi connectivity index (χ4v) is 2.25. The van der Waals surface area contributed by atoms with E-state index in [-0.39, 0.29) is 5.91 Å². The van der Waals surface area contributed by atoms with Crippen molar-refractivity contribution in [1.29, 1.82) is 0 Å². The molecular weight excluding hydrogens is 228 g/mol. The lowest BCUT2D eigenvalue weighted by Crippen LogP contribution is -2.38. The first-order valence-corrected chi connectivity index (χ1v) is 6.24. The molecule has 4 nitrogen and oxygen atoms in total. The Bertz CT molecular complexity index is 480. The summed E-state index contributed by atoms with van der Waals surface area (Å²) in [6.07, 6.45) is 1.14. The van der Waals surface area contributed by atoms with Gasteiger partial charge < -0.3 is 10.1 Å². The van der Waals surface area contributed by atoms with Gasteiger partial charge in [-0.05, 0) is 12.0 Å². The van der Waals surface area contributed by atoms with Gasteiger partial charge in [-0.1, -0.05) is 37.2 Å². The topological polar surface area (TPSA) is 52.9 Å². The fourth-order valence-electron chi connectivity index (χ4n) is 2.25. The van der Waals surface area contributed by atoms with Gasteiger partial charge in [0.15, 0.2) is 0 Å². The third-order valence-electron chi connectivity index (χ3n) is 3.08. The molecule has 4 heteroatoms. The molecule has 0 aliphatic carbocycles. The zero-order valence-electron chi connectivity index (χ0n) is 10.8. The number of oxime groups is 1. The normalized spacial score (nSPS) is 17.1. The predicted molar refractivity (Wildman–Crippen MR) is 71.2 cm³/mol. The Morgan fingerprint density at radius 3 is 2.83 bits per heavy atom. The zero-order chi connectivity index (χ0) is 13.1. The SMILES string of the molecule is CC(C)CC(=O)N1CCC(=NO)c2ccccc21. The second-order valence-electron chi connectivity index (χ2n) is 4.96.